The zero-order valence-corrected chi connectivity index (χ0v) is 7.80. The van der Waals surface area contributed by atoms with Gasteiger partial charge in [0, 0.05) is 12.3 Å². The normalized spacial score (nSPS) is 44.8. The molecule has 0 aliphatic heterocycles. The van der Waals surface area contributed by atoms with Gasteiger partial charge in [0.25, 0.3) is 0 Å². The molecule has 0 bridgehead atoms. The number of carbonyl (C=O) groups is 1. The second-order valence-corrected chi connectivity index (χ2v) is 4.44. The van der Waals surface area contributed by atoms with Crippen LogP contribution in [-0.2, 0) is 9.53 Å². The van der Waals surface area contributed by atoms with Gasteiger partial charge in [0.1, 0.15) is 6.10 Å². The predicted octanol–water partition coefficient (Wildman–Crippen LogP) is 2.13. The van der Waals surface area contributed by atoms with Crippen molar-refractivity contribution in [2.24, 2.45) is 11.3 Å². The van der Waals surface area contributed by atoms with Crippen molar-refractivity contribution >= 4 is 5.97 Å². The zero-order chi connectivity index (χ0) is 8.77. The van der Waals surface area contributed by atoms with Crippen LogP contribution in [0.4, 0.5) is 0 Å². The number of rotatable bonds is 1. The minimum absolute atomic E-state index is 0.117. The van der Waals surface area contributed by atoms with Gasteiger partial charge in [-0.2, -0.15) is 0 Å². The minimum atomic E-state index is -0.117. The maximum absolute atomic E-state index is 10.8. The van der Waals surface area contributed by atoms with Crippen molar-refractivity contribution in [1.82, 2.24) is 0 Å². The summed E-state index contributed by atoms with van der Waals surface area (Å²) >= 11 is 0. The van der Waals surface area contributed by atoms with Crippen LogP contribution in [0.2, 0.25) is 0 Å². The first-order valence-electron chi connectivity index (χ1n) is 4.80. The van der Waals surface area contributed by atoms with Crippen LogP contribution in [0, 0.1) is 11.3 Å². The third kappa shape index (κ3) is 1.13. The fraction of sp³-hybridized carbons (Fsp3) is 0.900. The minimum Gasteiger partial charge on any atom is -0.462 e. The van der Waals surface area contributed by atoms with Gasteiger partial charge in [0.05, 0.1) is 0 Å². The van der Waals surface area contributed by atoms with Crippen LogP contribution in [0.15, 0.2) is 0 Å². The van der Waals surface area contributed by atoms with Gasteiger partial charge in [-0.25, -0.2) is 0 Å². The maximum Gasteiger partial charge on any atom is 0.302 e. The fourth-order valence-electron chi connectivity index (χ4n) is 2.57. The van der Waals surface area contributed by atoms with E-state index in [0.29, 0.717) is 5.41 Å². The molecular weight excluding hydrogens is 152 g/mol. The average molecular weight is 168 g/mol. The molecule has 12 heavy (non-hydrogen) atoms. The van der Waals surface area contributed by atoms with Gasteiger partial charge in [-0.05, 0) is 31.6 Å². The molecule has 3 atom stereocenters. The van der Waals surface area contributed by atoms with E-state index in [9.17, 15) is 4.79 Å². The predicted molar refractivity (Wildman–Crippen MR) is 45.6 cm³/mol. The van der Waals surface area contributed by atoms with E-state index < -0.39 is 0 Å². The summed E-state index contributed by atoms with van der Waals surface area (Å²) in [6, 6.07) is 0. The van der Waals surface area contributed by atoms with Crippen LogP contribution < -0.4 is 0 Å². The first-order chi connectivity index (χ1) is 5.63. The summed E-state index contributed by atoms with van der Waals surface area (Å²) in [5.74, 6) is 0.726. The van der Waals surface area contributed by atoms with E-state index in [1.165, 1.54) is 26.2 Å². The second kappa shape index (κ2) is 2.48. The van der Waals surface area contributed by atoms with Crippen molar-refractivity contribution in [3.05, 3.63) is 0 Å². The van der Waals surface area contributed by atoms with E-state index in [4.69, 9.17) is 4.74 Å². The molecule has 0 spiro atoms. The van der Waals surface area contributed by atoms with Crippen molar-refractivity contribution in [1.29, 1.82) is 0 Å². The Morgan fingerprint density at radius 2 is 2.25 bits per heavy atom. The van der Waals surface area contributed by atoms with Crippen LogP contribution in [0.1, 0.15) is 39.5 Å². The van der Waals surface area contributed by atoms with E-state index in [-0.39, 0.29) is 12.1 Å². The summed E-state index contributed by atoms with van der Waals surface area (Å²) in [4.78, 5) is 10.8. The Labute approximate surface area is 73.3 Å². The summed E-state index contributed by atoms with van der Waals surface area (Å²) < 4.78 is 5.31. The number of ether oxygens (including phenoxy) is 1. The van der Waals surface area contributed by atoms with E-state index >= 15 is 0 Å². The average Bonchev–Trinajstić information content (AvgIpc) is 2.61. The first-order valence-corrected chi connectivity index (χ1v) is 4.80. The molecule has 2 nitrogen and oxygen atoms in total. The lowest BCUT2D eigenvalue weighted by atomic mass is 9.87. The van der Waals surface area contributed by atoms with Gasteiger partial charge >= 0.3 is 5.97 Å². The number of hydrogen-bond donors (Lipinski definition) is 0. The molecule has 0 amide bonds. The van der Waals surface area contributed by atoms with Crippen LogP contribution in [-0.4, -0.2) is 12.1 Å². The van der Waals surface area contributed by atoms with E-state index in [1.54, 1.807) is 0 Å². The molecule has 2 aliphatic rings. The van der Waals surface area contributed by atoms with Crippen molar-refractivity contribution in [2.45, 2.75) is 45.6 Å². The van der Waals surface area contributed by atoms with Gasteiger partial charge in [0.2, 0.25) is 0 Å². The molecule has 0 aromatic heterocycles. The molecule has 2 rings (SSSR count). The van der Waals surface area contributed by atoms with Crippen LogP contribution >= 0.6 is 0 Å². The molecule has 0 unspecified atom stereocenters. The molecule has 2 saturated carbocycles. The van der Waals surface area contributed by atoms with Crippen molar-refractivity contribution in [2.75, 3.05) is 0 Å². The highest BCUT2D eigenvalue weighted by Gasteiger charge is 2.58. The Morgan fingerprint density at radius 3 is 2.92 bits per heavy atom. The van der Waals surface area contributed by atoms with E-state index in [0.717, 1.165) is 12.3 Å². The van der Waals surface area contributed by atoms with Crippen LogP contribution in [0.5, 0.6) is 0 Å². The number of carbonyl (C=O) groups excluding carboxylic acids is 1. The quantitative estimate of drug-likeness (QED) is 0.561. The monoisotopic (exact) mass is 168 g/mol. The summed E-state index contributed by atoms with van der Waals surface area (Å²) in [5.41, 5.74) is 0.351. The topological polar surface area (TPSA) is 26.3 Å². The molecule has 0 radical (unpaired) electrons. The number of hydrogen-bond acceptors (Lipinski definition) is 2. The van der Waals surface area contributed by atoms with Gasteiger partial charge in [-0.3, -0.25) is 4.79 Å². The highest BCUT2D eigenvalue weighted by molar-refractivity contribution is 5.66. The standard InChI is InChI=1S/C10H16O2/c1-7(11)12-9-5-3-4-8-6-10(8,9)2/h8-9H,3-6H2,1-2H3/t8-,9-,10+/m1/s1. The summed E-state index contributed by atoms with van der Waals surface area (Å²) in [7, 11) is 0. The molecule has 2 heteroatoms. The Bertz CT molecular complexity index is 212. The molecule has 2 aliphatic carbocycles. The van der Waals surface area contributed by atoms with Gasteiger partial charge in [-0.15, -0.1) is 0 Å². The Hall–Kier alpha value is -0.530. The largest absolute Gasteiger partial charge is 0.462 e. The van der Waals surface area contributed by atoms with E-state index in [1.807, 2.05) is 0 Å². The molecule has 68 valence electrons. The molecule has 0 N–H and O–H groups in total. The van der Waals surface area contributed by atoms with E-state index in [2.05, 4.69) is 6.92 Å². The summed E-state index contributed by atoms with van der Waals surface area (Å²) in [6.07, 6.45) is 5.14. The Kier molecular flexibility index (Phi) is 1.67. The Balaban J connectivity index is 2.00. The molecule has 0 aromatic carbocycles. The van der Waals surface area contributed by atoms with Gasteiger partial charge in [0.15, 0.2) is 0 Å². The third-order valence-corrected chi connectivity index (χ3v) is 3.52. The highest BCUT2D eigenvalue weighted by Crippen LogP contribution is 2.61. The van der Waals surface area contributed by atoms with Crippen LogP contribution in [0.3, 0.4) is 0 Å². The molecule has 0 saturated heterocycles. The van der Waals surface area contributed by atoms with Crippen molar-refractivity contribution in [3.63, 3.8) is 0 Å². The summed E-state index contributed by atoms with van der Waals surface area (Å²) in [5, 5.41) is 0. The second-order valence-electron chi connectivity index (χ2n) is 4.44. The summed E-state index contributed by atoms with van der Waals surface area (Å²) in [6.45, 7) is 3.76. The van der Waals surface area contributed by atoms with Crippen molar-refractivity contribution in [3.8, 4) is 0 Å². The molecule has 0 heterocycles. The number of fused-ring (bicyclic) bond motifs is 1. The molecule has 2 fully saturated rings. The first kappa shape index (κ1) is 8.09. The molecule has 0 aromatic rings. The lowest BCUT2D eigenvalue weighted by Gasteiger charge is -2.28. The van der Waals surface area contributed by atoms with Crippen LogP contribution in [0.25, 0.3) is 0 Å². The van der Waals surface area contributed by atoms with Gasteiger partial charge in [-0.1, -0.05) is 6.92 Å². The SMILES string of the molecule is CC(=O)O[C@@H]1CCC[C@@H]2C[C@@]21C. The fourth-order valence-corrected chi connectivity index (χ4v) is 2.57. The lowest BCUT2D eigenvalue weighted by Crippen LogP contribution is -2.29. The van der Waals surface area contributed by atoms with Gasteiger partial charge < -0.3 is 4.74 Å². The lowest BCUT2D eigenvalue weighted by molar-refractivity contribution is -0.151. The number of esters is 1. The highest BCUT2D eigenvalue weighted by atomic mass is 16.5. The third-order valence-electron chi connectivity index (χ3n) is 3.52. The smallest absolute Gasteiger partial charge is 0.302 e. The zero-order valence-electron chi connectivity index (χ0n) is 7.80. The Morgan fingerprint density at radius 1 is 1.50 bits per heavy atom. The molecular formula is C10H16O2. The maximum atomic E-state index is 10.8. The van der Waals surface area contributed by atoms with Crippen molar-refractivity contribution < 1.29 is 9.53 Å².